The van der Waals surface area contributed by atoms with Crippen molar-refractivity contribution in [2.75, 3.05) is 44.3 Å². The van der Waals surface area contributed by atoms with Gasteiger partial charge in [-0.3, -0.25) is 24.6 Å². The van der Waals surface area contributed by atoms with E-state index >= 15 is 0 Å². The van der Waals surface area contributed by atoms with Gasteiger partial charge in [-0.2, -0.15) is 5.10 Å². The highest BCUT2D eigenvalue weighted by Gasteiger charge is 2.44. The Bertz CT molecular complexity index is 1960. The van der Waals surface area contributed by atoms with E-state index in [9.17, 15) is 9.59 Å². The third-order valence-electron chi connectivity index (χ3n) is 8.88. The van der Waals surface area contributed by atoms with Gasteiger partial charge in [0, 0.05) is 73.3 Å². The molecule has 1 atom stereocenters. The third kappa shape index (κ3) is 6.42. The van der Waals surface area contributed by atoms with Crippen LogP contribution < -0.4 is 5.32 Å². The first kappa shape index (κ1) is 31.2. The highest BCUT2D eigenvalue weighted by molar-refractivity contribution is 8.00. The van der Waals surface area contributed by atoms with E-state index in [1.807, 2.05) is 41.6 Å². The number of hydrogen-bond acceptors (Lipinski definition) is 10. The minimum Gasteiger partial charge on any atom is -0.338 e. The summed E-state index contributed by atoms with van der Waals surface area (Å²) in [6.07, 6.45) is 13.4. The zero-order valence-corrected chi connectivity index (χ0v) is 27.9. The van der Waals surface area contributed by atoms with Crippen LogP contribution in [0, 0.1) is 0 Å². The number of nitrogens with zero attached hydrogens (tertiary/aromatic N) is 7. The topological polar surface area (TPSA) is 133 Å². The summed E-state index contributed by atoms with van der Waals surface area (Å²) in [5.41, 5.74) is 5.58. The predicted molar refractivity (Wildman–Crippen MR) is 187 cm³/mol. The number of likely N-dealkylation sites (tertiary alicyclic amines) is 1. The zero-order chi connectivity index (χ0) is 32.4. The summed E-state index contributed by atoms with van der Waals surface area (Å²) < 4.78 is -0.643. The van der Waals surface area contributed by atoms with Crippen molar-refractivity contribution in [3.63, 3.8) is 0 Å². The Morgan fingerprint density at radius 2 is 1.96 bits per heavy atom. The molecule has 5 aromatic rings. The van der Waals surface area contributed by atoms with E-state index in [0.717, 1.165) is 61.8 Å². The lowest BCUT2D eigenvalue weighted by molar-refractivity contribution is -0.132. The van der Waals surface area contributed by atoms with Gasteiger partial charge in [-0.1, -0.05) is 13.0 Å². The number of aryl methyl sites for hydroxylation is 1. The molecule has 7 rings (SSSR count). The standard InChI is InChI=1S/C34H35N9O2S2/c1-3-24-17-23(7-13-35-24)30-26-18-25(5-6-27(26)40-41-30)39-33(45)34(46-2)10-16-42(21-34)20-29(44)43-14-8-22(9-15-43)32-38-19-28(47-32)31-36-11-4-12-37-31/h4-8,11-13,17-19H,3,9-10,14-16,20-21H2,1-2H3,(H,39,45)(H,40,41)/t34-/m0/s1. The fourth-order valence-electron chi connectivity index (χ4n) is 6.15. The van der Waals surface area contributed by atoms with Crippen molar-refractivity contribution in [2.45, 2.75) is 30.9 Å². The molecule has 11 nitrogen and oxygen atoms in total. The molecule has 1 fully saturated rings. The average Bonchev–Trinajstić information content (AvgIpc) is 3.88. The summed E-state index contributed by atoms with van der Waals surface area (Å²) in [5.74, 6) is 0.705. The number of hydrogen-bond donors (Lipinski definition) is 2. The Morgan fingerprint density at radius 1 is 1.09 bits per heavy atom. The summed E-state index contributed by atoms with van der Waals surface area (Å²) >= 11 is 3.13. The number of carbonyl (C=O) groups excluding carboxylic acids is 2. The molecule has 1 aromatic carbocycles. The summed E-state index contributed by atoms with van der Waals surface area (Å²) in [5, 5.41) is 12.7. The van der Waals surface area contributed by atoms with Gasteiger partial charge < -0.3 is 10.2 Å². The molecule has 4 aromatic heterocycles. The molecule has 1 saturated heterocycles. The second-order valence-electron chi connectivity index (χ2n) is 11.8. The number of pyridine rings is 1. The van der Waals surface area contributed by atoms with Crippen LogP contribution in [0.4, 0.5) is 5.69 Å². The Morgan fingerprint density at radius 3 is 2.74 bits per heavy atom. The zero-order valence-electron chi connectivity index (χ0n) is 26.3. The van der Waals surface area contributed by atoms with E-state index in [2.05, 4.69) is 59.4 Å². The van der Waals surface area contributed by atoms with E-state index in [1.54, 1.807) is 47.8 Å². The maximum Gasteiger partial charge on any atom is 0.241 e. The van der Waals surface area contributed by atoms with Crippen LogP contribution in [-0.2, 0) is 16.0 Å². The monoisotopic (exact) mass is 665 g/mol. The van der Waals surface area contributed by atoms with Gasteiger partial charge in [-0.15, -0.1) is 23.1 Å². The van der Waals surface area contributed by atoms with E-state index in [1.165, 1.54) is 0 Å². The molecule has 2 aliphatic rings. The Balaban J connectivity index is 0.972. The van der Waals surface area contributed by atoms with Gasteiger partial charge in [-0.25, -0.2) is 15.0 Å². The molecule has 2 amide bonds. The van der Waals surface area contributed by atoms with Gasteiger partial charge >= 0.3 is 0 Å². The minimum absolute atomic E-state index is 0.0456. The number of thiazole rings is 1. The number of H-pyrrole nitrogens is 1. The predicted octanol–water partition coefficient (Wildman–Crippen LogP) is 5.16. The number of nitrogens with one attached hydrogen (secondary N) is 2. The largest absolute Gasteiger partial charge is 0.338 e. The highest BCUT2D eigenvalue weighted by Crippen LogP contribution is 2.36. The second kappa shape index (κ2) is 13.3. The third-order valence-corrected chi connectivity index (χ3v) is 11.2. The lowest BCUT2D eigenvalue weighted by atomic mass is 10.1. The molecule has 0 radical (unpaired) electrons. The first-order valence-electron chi connectivity index (χ1n) is 15.7. The van der Waals surface area contributed by atoms with Crippen LogP contribution >= 0.6 is 23.1 Å². The quantitative estimate of drug-likeness (QED) is 0.219. The van der Waals surface area contributed by atoms with Gasteiger partial charge in [-0.05, 0) is 67.5 Å². The number of amides is 2. The van der Waals surface area contributed by atoms with Crippen LogP contribution in [0.15, 0.2) is 67.3 Å². The molecule has 240 valence electrons. The summed E-state index contributed by atoms with van der Waals surface area (Å²) in [4.78, 5) is 49.7. The van der Waals surface area contributed by atoms with Crippen LogP contribution in [0.2, 0.25) is 0 Å². The van der Waals surface area contributed by atoms with Gasteiger partial charge in [0.2, 0.25) is 11.8 Å². The van der Waals surface area contributed by atoms with Crippen LogP contribution in [0.5, 0.6) is 0 Å². The van der Waals surface area contributed by atoms with Gasteiger partial charge in [0.1, 0.15) is 15.4 Å². The molecule has 0 spiro atoms. The van der Waals surface area contributed by atoms with Crippen LogP contribution in [0.3, 0.4) is 0 Å². The van der Waals surface area contributed by atoms with E-state index in [-0.39, 0.29) is 11.8 Å². The number of anilines is 1. The molecule has 0 aliphatic carbocycles. The van der Waals surface area contributed by atoms with Crippen LogP contribution in [-0.4, -0.2) is 95.5 Å². The maximum absolute atomic E-state index is 13.8. The van der Waals surface area contributed by atoms with E-state index < -0.39 is 4.75 Å². The first-order valence-corrected chi connectivity index (χ1v) is 17.7. The Kier molecular flexibility index (Phi) is 8.84. The number of carbonyl (C=O) groups is 2. The van der Waals surface area contributed by atoms with Gasteiger partial charge in [0.15, 0.2) is 5.82 Å². The normalized spacial score (nSPS) is 18.4. The van der Waals surface area contributed by atoms with Crippen molar-refractivity contribution in [2.24, 2.45) is 0 Å². The smallest absolute Gasteiger partial charge is 0.241 e. The fraction of sp³-hybridized carbons (Fsp3) is 0.324. The SMILES string of the molecule is CCc1cc(-c2n[nH]c3ccc(NC(=O)[C@]4(SC)CCN(CC(=O)N5CC=C(c6ncc(-c7ncccn7)s6)CC5)C4)cc23)ccn1. The van der Waals surface area contributed by atoms with E-state index in [4.69, 9.17) is 0 Å². The molecule has 0 bridgehead atoms. The summed E-state index contributed by atoms with van der Waals surface area (Å²) in [6.45, 7) is 4.76. The van der Waals surface area contributed by atoms with Crippen LogP contribution in [0.1, 0.15) is 30.5 Å². The summed E-state index contributed by atoms with van der Waals surface area (Å²) in [7, 11) is 0. The van der Waals surface area contributed by atoms with Crippen molar-refractivity contribution in [1.29, 1.82) is 0 Å². The number of fused-ring (bicyclic) bond motifs is 1. The number of rotatable bonds is 9. The van der Waals surface area contributed by atoms with Crippen LogP contribution in [0.25, 0.3) is 38.4 Å². The van der Waals surface area contributed by atoms with Gasteiger partial charge in [0.25, 0.3) is 0 Å². The molecule has 0 unspecified atom stereocenters. The summed E-state index contributed by atoms with van der Waals surface area (Å²) in [6, 6.07) is 11.6. The Hall–Kier alpha value is -4.46. The number of aromatic nitrogens is 6. The van der Waals surface area contributed by atoms with Crippen molar-refractivity contribution in [3.05, 3.63) is 78.0 Å². The molecule has 6 heterocycles. The molecular weight excluding hydrogens is 631 g/mol. The fourth-order valence-corrected chi connectivity index (χ4v) is 7.92. The molecular formula is C34H35N9O2S2. The number of thioether (sulfide) groups is 1. The first-order chi connectivity index (χ1) is 22.9. The van der Waals surface area contributed by atoms with Gasteiger partial charge in [0.05, 0.1) is 16.9 Å². The lowest BCUT2D eigenvalue weighted by Gasteiger charge is -2.29. The molecule has 47 heavy (non-hydrogen) atoms. The highest BCUT2D eigenvalue weighted by atomic mass is 32.2. The molecule has 13 heteroatoms. The molecule has 2 aliphatic heterocycles. The maximum atomic E-state index is 13.8. The lowest BCUT2D eigenvalue weighted by Crippen LogP contribution is -2.45. The number of aromatic amines is 1. The van der Waals surface area contributed by atoms with E-state index in [0.29, 0.717) is 45.0 Å². The minimum atomic E-state index is -0.643. The Labute approximate surface area is 280 Å². The molecule has 0 saturated carbocycles. The van der Waals surface area contributed by atoms with Crippen molar-refractivity contribution in [1.82, 2.24) is 39.9 Å². The van der Waals surface area contributed by atoms with Crippen molar-refractivity contribution < 1.29 is 9.59 Å². The van der Waals surface area contributed by atoms with Crippen molar-refractivity contribution in [3.8, 4) is 22.0 Å². The average molecular weight is 666 g/mol. The number of benzene rings is 1. The molecule has 2 N–H and O–H groups in total. The van der Waals surface area contributed by atoms with Crippen molar-refractivity contribution >= 4 is 57.1 Å². The second-order valence-corrected chi connectivity index (χ2v) is 14.0.